The van der Waals surface area contributed by atoms with Crippen LogP contribution in [0.2, 0.25) is 0 Å². The standard InChI is InChI=1S/C19H20N4O/c1-12-9-14-13(10-17(12)24-2)5-3-6-15(14)23-19-18-16(21-11-22-19)7-4-8-20-18/h4,7-11,15H,3,5-6H2,1-2H3,(H,21,22,23). The van der Waals surface area contributed by atoms with Gasteiger partial charge in [-0.15, -0.1) is 0 Å². The number of fused-ring (bicyclic) bond motifs is 2. The van der Waals surface area contributed by atoms with Gasteiger partial charge in [0, 0.05) is 6.20 Å². The van der Waals surface area contributed by atoms with Gasteiger partial charge in [0.15, 0.2) is 5.82 Å². The number of anilines is 1. The number of ether oxygens (including phenoxy) is 1. The molecule has 122 valence electrons. The molecular weight excluding hydrogens is 300 g/mol. The molecule has 2 aromatic heterocycles. The predicted octanol–water partition coefficient (Wildman–Crippen LogP) is 3.83. The van der Waals surface area contributed by atoms with Crippen LogP contribution in [-0.2, 0) is 6.42 Å². The minimum absolute atomic E-state index is 0.235. The second-order valence-corrected chi connectivity index (χ2v) is 6.20. The zero-order chi connectivity index (χ0) is 16.5. The van der Waals surface area contributed by atoms with Gasteiger partial charge in [-0.1, -0.05) is 6.07 Å². The maximum absolute atomic E-state index is 5.47. The van der Waals surface area contributed by atoms with E-state index in [4.69, 9.17) is 4.74 Å². The average Bonchev–Trinajstić information content (AvgIpc) is 2.62. The van der Waals surface area contributed by atoms with Crippen molar-refractivity contribution in [3.05, 3.63) is 53.5 Å². The van der Waals surface area contributed by atoms with Gasteiger partial charge in [0.25, 0.3) is 0 Å². The van der Waals surface area contributed by atoms with Gasteiger partial charge in [-0.3, -0.25) is 4.98 Å². The molecule has 1 aromatic carbocycles. The number of benzene rings is 1. The molecule has 3 aromatic rings. The Balaban J connectivity index is 1.73. The average molecular weight is 320 g/mol. The first-order valence-electron chi connectivity index (χ1n) is 8.26. The van der Waals surface area contributed by atoms with Crippen LogP contribution in [-0.4, -0.2) is 22.1 Å². The highest BCUT2D eigenvalue weighted by molar-refractivity contribution is 5.84. The van der Waals surface area contributed by atoms with Crippen molar-refractivity contribution in [3.63, 3.8) is 0 Å². The number of rotatable bonds is 3. The molecule has 0 saturated carbocycles. The second kappa shape index (κ2) is 6.07. The van der Waals surface area contributed by atoms with Gasteiger partial charge in [0.2, 0.25) is 0 Å². The zero-order valence-electron chi connectivity index (χ0n) is 13.9. The first-order valence-corrected chi connectivity index (χ1v) is 8.26. The third-order valence-corrected chi connectivity index (χ3v) is 4.68. The SMILES string of the molecule is COc1cc2c(cc1C)C(Nc1ncnc3cccnc13)CCC2. The number of nitrogens with one attached hydrogen (secondary N) is 1. The lowest BCUT2D eigenvalue weighted by Gasteiger charge is -2.28. The van der Waals surface area contributed by atoms with Gasteiger partial charge in [0.1, 0.15) is 17.6 Å². The van der Waals surface area contributed by atoms with E-state index in [-0.39, 0.29) is 6.04 Å². The Morgan fingerprint density at radius 2 is 2.12 bits per heavy atom. The van der Waals surface area contributed by atoms with E-state index in [0.717, 1.165) is 47.4 Å². The molecule has 1 N–H and O–H groups in total. The minimum atomic E-state index is 0.235. The highest BCUT2D eigenvalue weighted by Gasteiger charge is 2.23. The number of aromatic nitrogens is 3. The summed E-state index contributed by atoms with van der Waals surface area (Å²) >= 11 is 0. The van der Waals surface area contributed by atoms with Gasteiger partial charge in [-0.05, 0) is 61.1 Å². The van der Waals surface area contributed by atoms with Gasteiger partial charge < -0.3 is 10.1 Å². The van der Waals surface area contributed by atoms with Crippen LogP contribution in [0, 0.1) is 6.92 Å². The first kappa shape index (κ1) is 14.9. The summed E-state index contributed by atoms with van der Waals surface area (Å²) in [6.45, 7) is 2.09. The molecule has 4 rings (SSSR count). The van der Waals surface area contributed by atoms with Crippen molar-refractivity contribution < 1.29 is 4.74 Å². The van der Waals surface area contributed by atoms with E-state index in [9.17, 15) is 0 Å². The molecule has 0 bridgehead atoms. The van der Waals surface area contributed by atoms with Gasteiger partial charge in [-0.2, -0.15) is 0 Å². The second-order valence-electron chi connectivity index (χ2n) is 6.20. The molecule has 1 atom stereocenters. The van der Waals surface area contributed by atoms with Crippen LogP contribution in [0.5, 0.6) is 5.75 Å². The van der Waals surface area contributed by atoms with E-state index >= 15 is 0 Å². The Bertz CT molecular complexity index is 888. The van der Waals surface area contributed by atoms with Crippen LogP contribution in [0.25, 0.3) is 11.0 Å². The summed E-state index contributed by atoms with van der Waals surface area (Å²) in [6.07, 6.45) is 6.69. The third kappa shape index (κ3) is 2.56. The summed E-state index contributed by atoms with van der Waals surface area (Å²) in [5, 5.41) is 3.59. The van der Waals surface area contributed by atoms with E-state index in [1.54, 1.807) is 19.6 Å². The Labute approximate surface area is 141 Å². The Hall–Kier alpha value is -2.69. The van der Waals surface area contributed by atoms with Crippen molar-refractivity contribution in [1.29, 1.82) is 0 Å². The lowest BCUT2D eigenvalue weighted by molar-refractivity contribution is 0.410. The first-order chi connectivity index (χ1) is 11.8. The summed E-state index contributed by atoms with van der Waals surface area (Å²) in [7, 11) is 1.73. The lowest BCUT2D eigenvalue weighted by atomic mass is 9.86. The molecule has 1 aliphatic carbocycles. The van der Waals surface area contributed by atoms with E-state index in [1.165, 1.54) is 11.1 Å². The van der Waals surface area contributed by atoms with Crippen molar-refractivity contribution >= 4 is 16.9 Å². The fourth-order valence-corrected chi connectivity index (χ4v) is 3.48. The highest BCUT2D eigenvalue weighted by Crippen LogP contribution is 2.36. The van der Waals surface area contributed by atoms with Crippen LogP contribution >= 0.6 is 0 Å². The molecule has 0 aliphatic heterocycles. The molecule has 5 nitrogen and oxygen atoms in total. The van der Waals surface area contributed by atoms with E-state index in [2.05, 4.69) is 39.3 Å². The fourth-order valence-electron chi connectivity index (χ4n) is 3.48. The van der Waals surface area contributed by atoms with Crippen LogP contribution in [0.15, 0.2) is 36.8 Å². The Kier molecular flexibility index (Phi) is 3.76. The molecule has 0 radical (unpaired) electrons. The molecule has 1 aliphatic rings. The predicted molar refractivity (Wildman–Crippen MR) is 94.4 cm³/mol. The molecule has 0 saturated heterocycles. The number of pyridine rings is 1. The highest BCUT2D eigenvalue weighted by atomic mass is 16.5. The maximum atomic E-state index is 5.47. The summed E-state index contributed by atoms with van der Waals surface area (Å²) in [5.74, 6) is 1.76. The normalized spacial score (nSPS) is 16.7. The minimum Gasteiger partial charge on any atom is -0.496 e. The summed E-state index contributed by atoms with van der Waals surface area (Å²) in [6, 6.07) is 8.50. The summed E-state index contributed by atoms with van der Waals surface area (Å²) in [4.78, 5) is 13.1. The zero-order valence-corrected chi connectivity index (χ0v) is 13.9. The van der Waals surface area contributed by atoms with Crippen LogP contribution in [0.1, 0.15) is 35.6 Å². The van der Waals surface area contributed by atoms with Crippen LogP contribution in [0.3, 0.4) is 0 Å². The fraction of sp³-hybridized carbons (Fsp3) is 0.316. The molecule has 0 fully saturated rings. The number of aryl methyl sites for hydroxylation is 2. The van der Waals surface area contributed by atoms with Crippen molar-refractivity contribution in [2.24, 2.45) is 0 Å². The van der Waals surface area contributed by atoms with E-state index in [0.29, 0.717) is 0 Å². The molecule has 0 amide bonds. The molecule has 24 heavy (non-hydrogen) atoms. The Morgan fingerprint density at radius 3 is 3.00 bits per heavy atom. The number of methoxy groups -OCH3 is 1. The van der Waals surface area contributed by atoms with Crippen molar-refractivity contribution in [1.82, 2.24) is 15.0 Å². The quantitative estimate of drug-likeness (QED) is 0.794. The largest absolute Gasteiger partial charge is 0.496 e. The topological polar surface area (TPSA) is 59.9 Å². The van der Waals surface area contributed by atoms with Crippen LogP contribution in [0.4, 0.5) is 5.82 Å². The number of hydrogen-bond acceptors (Lipinski definition) is 5. The van der Waals surface area contributed by atoms with Crippen molar-refractivity contribution in [2.75, 3.05) is 12.4 Å². The van der Waals surface area contributed by atoms with Gasteiger partial charge >= 0.3 is 0 Å². The Morgan fingerprint density at radius 1 is 1.21 bits per heavy atom. The molecule has 2 heterocycles. The number of hydrogen-bond donors (Lipinski definition) is 1. The summed E-state index contributed by atoms with van der Waals surface area (Å²) < 4.78 is 5.47. The third-order valence-electron chi connectivity index (χ3n) is 4.68. The van der Waals surface area contributed by atoms with E-state index < -0.39 is 0 Å². The van der Waals surface area contributed by atoms with E-state index in [1.807, 2.05) is 12.1 Å². The van der Waals surface area contributed by atoms with Crippen molar-refractivity contribution in [2.45, 2.75) is 32.2 Å². The molecule has 1 unspecified atom stereocenters. The van der Waals surface area contributed by atoms with Crippen molar-refractivity contribution in [3.8, 4) is 5.75 Å². The summed E-state index contributed by atoms with van der Waals surface area (Å²) in [5.41, 5.74) is 5.53. The monoisotopic (exact) mass is 320 g/mol. The number of nitrogens with zero attached hydrogens (tertiary/aromatic N) is 3. The molecular formula is C19H20N4O. The van der Waals surface area contributed by atoms with Gasteiger partial charge in [-0.25, -0.2) is 9.97 Å². The smallest absolute Gasteiger partial charge is 0.156 e. The molecule has 0 spiro atoms. The van der Waals surface area contributed by atoms with Gasteiger partial charge in [0.05, 0.1) is 18.7 Å². The molecule has 5 heteroatoms. The lowest BCUT2D eigenvalue weighted by Crippen LogP contribution is -2.19. The van der Waals surface area contributed by atoms with Crippen LogP contribution < -0.4 is 10.1 Å². The maximum Gasteiger partial charge on any atom is 0.156 e.